The van der Waals surface area contributed by atoms with Gasteiger partial charge in [0.2, 0.25) is 0 Å². The highest BCUT2D eigenvalue weighted by molar-refractivity contribution is 5.91. The molecule has 0 saturated carbocycles. The molecule has 0 saturated heterocycles. The topological polar surface area (TPSA) is 9.72 Å². The first-order chi connectivity index (χ1) is 35.1. The second kappa shape index (κ2) is 20.5. The van der Waals surface area contributed by atoms with Crippen molar-refractivity contribution in [1.82, 2.24) is 0 Å². The molecule has 0 radical (unpaired) electrons. The van der Waals surface area contributed by atoms with E-state index >= 15 is 0 Å². The Kier molecular flexibility index (Phi) is 14.1. The van der Waals surface area contributed by atoms with Gasteiger partial charge < -0.3 is 14.7 Å². The Morgan fingerprint density at radius 2 is 1.08 bits per heavy atom. The van der Waals surface area contributed by atoms with Crippen molar-refractivity contribution in [2.24, 2.45) is 0 Å². The maximum absolute atomic E-state index is 4.68. The molecular weight excluding hydrogens is 883 g/mol. The van der Waals surface area contributed by atoms with Gasteiger partial charge in [-0.15, -0.1) is 0 Å². The summed E-state index contributed by atoms with van der Waals surface area (Å²) in [6.45, 7) is 29.4. The Labute approximate surface area is 437 Å². The highest BCUT2D eigenvalue weighted by atomic mass is 15.3. The zero-order valence-corrected chi connectivity index (χ0v) is 45.0. The number of para-hydroxylation sites is 5. The van der Waals surface area contributed by atoms with Gasteiger partial charge in [0.05, 0.1) is 23.1 Å². The van der Waals surface area contributed by atoms with Crippen LogP contribution in [-0.4, -0.2) is 6.04 Å². The normalized spacial score (nSPS) is 15.7. The number of rotatable bonds is 10. The Balaban J connectivity index is 0.00000158. The Morgan fingerprint density at radius 1 is 0.548 bits per heavy atom. The van der Waals surface area contributed by atoms with Crippen LogP contribution >= 0.6 is 0 Å². The summed E-state index contributed by atoms with van der Waals surface area (Å²) in [5.74, 6) is 0. The van der Waals surface area contributed by atoms with Crippen molar-refractivity contribution in [3.05, 3.63) is 257 Å². The van der Waals surface area contributed by atoms with Gasteiger partial charge >= 0.3 is 0 Å². The molecule has 7 aromatic carbocycles. The highest BCUT2D eigenvalue weighted by Gasteiger charge is 2.39. The molecule has 7 aromatic rings. The number of anilines is 6. The molecule has 0 bridgehead atoms. The fourth-order valence-electron chi connectivity index (χ4n) is 11.2. The van der Waals surface area contributed by atoms with E-state index in [0.717, 1.165) is 40.4 Å². The second-order valence-electron chi connectivity index (χ2n) is 21.7. The van der Waals surface area contributed by atoms with E-state index < -0.39 is 0 Å². The van der Waals surface area contributed by atoms with Gasteiger partial charge in [-0.3, -0.25) is 0 Å². The summed E-state index contributed by atoms with van der Waals surface area (Å²) >= 11 is 0. The molecule has 0 spiro atoms. The van der Waals surface area contributed by atoms with Crippen LogP contribution in [0.3, 0.4) is 0 Å². The predicted octanol–water partition coefficient (Wildman–Crippen LogP) is 19.6. The number of allylic oxidation sites excluding steroid dienone is 6. The maximum Gasteiger partial charge on any atom is 0.0702 e. The predicted molar refractivity (Wildman–Crippen MR) is 318 cm³/mol. The lowest BCUT2D eigenvalue weighted by molar-refractivity contribution is 0.588. The molecule has 0 aromatic heterocycles. The maximum atomic E-state index is 4.68. The van der Waals surface area contributed by atoms with E-state index in [2.05, 4.69) is 284 Å². The molecule has 1 unspecified atom stereocenters. The zero-order valence-electron chi connectivity index (χ0n) is 45.0. The van der Waals surface area contributed by atoms with E-state index in [4.69, 9.17) is 0 Å². The third-order valence-corrected chi connectivity index (χ3v) is 15.2. The summed E-state index contributed by atoms with van der Waals surface area (Å²) in [5, 5.41) is 0. The molecular formula is C70H73N3. The van der Waals surface area contributed by atoms with Crippen LogP contribution < -0.4 is 14.7 Å². The molecule has 1 aliphatic carbocycles. The lowest BCUT2D eigenvalue weighted by Crippen LogP contribution is -2.38. The summed E-state index contributed by atoms with van der Waals surface area (Å²) < 4.78 is 0. The fraction of sp³-hybridized carbons (Fsp3) is 0.229. The van der Waals surface area contributed by atoms with E-state index in [1.54, 1.807) is 0 Å². The van der Waals surface area contributed by atoms with E-state index in [1.807, 2.05) is 26.0 Å². The van der Waals surface area contributed by atoms with Gasteiger partial charge in [-0.2, -0.15) is 0 Å². The number of fused-ring (bicyclic) bond motifs is 6. The van der Waals surface area contributed by atoms with E-state index in [1.165, 1.54) is 67.0 Å². The quantitative estimate of drug-likeness (QED) is 0.0768. The molecule has 0 amide bonds. The monoisotopic (exact) mass is 956 g/mol. The number of benzene rings is 7. The molecule has 0 fully saturated rings. The first kappa shape index (κ1) is 50.3. The molecule has 3 nitrogen and oxygen atoms in total. The molecule has 2 aliphatic heterocycles. The van der Waals surface area contributed by atoms with Crippen molar-refractivity contribution in [2.45, 2.75) is 105 Å². The van der Waals surface area contributed by atoms with Gasteiger partial charge in [0.15, 0.2) is 0 Å². The molecule has 0 N–H and O–H groups in total. The van der Waals surface area contributed by atoms with Crippen molar-refractivity contribution >= 4 is 51.8 Å². The van der Waals surface area contributed by atoms with Crippen LogP contribution in [0.2, 0.25) is 0 Å². The zero-order chi connectivity index (χ0) is 51.7. The molecule has 368 valence electrons. The lowest BCUT2D eigenvalue weighted by atomic mass is 9.73. The first-order valence-electron chi connectivity index (χ1n) is 26.2. The average Bonchev–Trinajstić information content (AvgIpc) is 3.63. The van der Waals surface area contributed by atoms with Crippen molar-refractivity contribution < 1.29 is 0 Å². The lowest BCUT2D eigenvalue weighted by Gasteiger charge is -2.44. The van der Waals surface area contributed by atoms with Gasteiger partial charge in [0.1, 0.15) is 0 Å². The third-order valence-electron chi connectivity index (χ3n) is 15.2. The van der Waals surface area contributed by atoms with Crippen LogP contribution in [0, 0.1) is 0 Å². The van der Waals surface area contributed by atoms with Crippen LogP contribution in [0.15, 0.2) is 213 Å². The van der Waals surface area contributed by atoms with Gasteiger partial charge in [-0.25, -0.2) is 0 Å². The average molecular weight is 956 g/mol. The smallest absolute Gasteiger partial charge is 0.0702 e. The fourth-order valence-corrected chi connectivity index (χ4v) is 11.2. The molecule has 2 heterocycles. The van der Waals surface area contributed by atoms with Gasteiger partial charge in [-0.1, -0.05) is 214 Å². The molecule has 10 rings (SSSR count). The van der Waals surface area contributed by atoms with Crippen LogP contribution in [-0.2, 0) is 16.2 Å². The summed E-state index contributed by atoms with van der Waals surface area (Å²) in [6, 6.07) is 58.3. The molecule has 73 heavy (non-hydrogen) atoms. The van der Waals surface area contributed by atoms with Crippen molar-refractivity contribution in [1.29, 1.82) is 0 Å². The van der Waals surface area contributed by atoms with Crippen LogP contribution in [0.25, 0.3) is 28.9 Å². The largest absolute Gasteiger partial charge is 0.334 e. The Hall–Kier alpha value is -7.62. The van der Waals surface area contributed by atoms with Crippen LogP contribution in [0.5, 0.6) is 0 Å². The highest BCUT2D eigenvalue weighted by Crippen LogP contribution is 2.53. The minimum atomic E-state index is -0.186. The van der Waals surface area contributed by atoms with Crippen molar-refractivity contribution in [2.75, 3.05) is 14.7 Å². The van der Waals surface area contributed by atoms with Gasteiger partial charge in [-0.05, 0) is 148 Å². The van der Waals surface area contributed by atoms with Crippen LogP contribution in [0.4, 0.5) is 34.1 Å². The van der Waals surface area contributed by atoms with Gasteiger partial charge in [0, 0.05) is 39.8 Å². The van der Waals surface area contributed by atoms with Crippen LogP contribution in [0.1, 0.15) is 127 Å². The SMILES string of the molecule is C/C=C\C.C=C(/C=C\C(CC)N1c2ccccc2C(C)(C)c2ccccc21)c1ccc(/C=C/c2ccc3c(c2)C(C)(C)c2cc(N4C=C(/C=C\C)N(c5ccccc5)c5ccccc54)ccc2-3)cc1C(C)(C)C. The summed E-state index contributed by atoms with van der Waals surface area (Å²) in [7, 11) is 0. The Bertz CT molecular complexity index is 3270. The minimum Gasteiger partial charge on any atom is -0.334 e. The summed E-state index contributed by atoms with van der Waals surface area (Å²) in [4.78, 5) is 7.25. The molecule has 3 aliphatic rings. The Morgan fingerprint density at radius 3 is 1.68 bits per heavy atom. The van der Waals surface area contributed by atoms with E-state index in [-0.39, 0.29) is 22.3 Å². The number of hydrogen-bond donors (Lipinski definition) is 0. The third kappa shape index (κ3) is 9.50. The van der Waals surface area contributed by atoms with Gasteiger partial charge in [0.25, 0.3) is 0 Å². The summed E-state index contributed by atoms with van der Waals surface area (Å²) in [6.07, 6.45) is 20.7. The van der Waals surface area contributed by atoms with E-state index in [9.17, 15) is 0 Å². The standard InChI is InChI=1S/C66H65N3.C4H8/c1-11-22-51-44-67(62-29-20-21-30-63(62)68(51)49-23-14-13-15-24-49)50-37-40-54-53-39-35-47(42-58(53)66(9,10)59(54)43-50)33-32-46-34-38-52(57(41-46)64(4,5)6)45(3)31-36-48(12-2)69-60-27-18-16-25-55(60)65(7,8)56-26-17-19-28-61(56)69;1-3-4-2/h11,13-44,48H,3,12H2,1-2,4-10H3;3-4H,1-2H3/b22-11-,33-32+,36-31-;4-3-. The van der Waals surface area contributed by atoms with Crippen molar-refractivity contribution in [3.8, 4) is 11.1 Å². The summed E-state index contributed by atoms with van der Waals surface area (Å²) in [5.41, 5.74) is 21.9. The number of nitrogens with zero attached hydrogens (tertiary/aromatic N) is 3. The molecule has 3 heteroatoms. The van der Waals surface area contributed by atoms with Crippen molar-refractivity contribution in [3.63, 3.8) is 0 Å². The minimum absolute atomic E-state index is 0.0787. The second-order valence-corrected chi connectivity index (χ2v) is 21.7. The van der Waals surface area contributed by atoms with E-state index in [0.29, 0.717) is 0 Å². The first-order valence-corrected chi connectivity index (χ1v) is 26.2. The number of hydrogen-bond acceptors (Lipinski definition) is 3. The molecule has 1 atom stereocenters.